The smallest absolute Gasteiger partial charge is 0.408 e. The molecule has 4 N–H and O–H groups in total. The summed E-state index contributed by atoms with van der Waals surface area (Å²) in [6.07, 6.45) is 9.12. The fraction of sp³-hybridized carbons (Fsp3) is 0.520. The molecule has 4 amide bonds. The number of carbonyl (C=O) groups is 4. The van der Waals surface area contributed by atoms with Crippen molar-refractivity contribution in [3.8, 4) is 12.5 Å². The third kappa shape index (κ3) is 8.10. The van der Waals surface area contributed by atoms with Gasteiger partial charge < -0.3 is 21.1 Å². The first-order valence-electron chi connectivity index (χ1n) is 11.4. The predicted octanol–water partition coefficient (Wildman–Crippen LogP) is 2.36. The van der Waals surface area contributed by atoms with Crippen LogP contribution in [0.4, 0.5) is 4.79 Å². The Morgan fingerprint density at radius 1 is 1.15 bits per heavy atom. The maximum absolute atomic E-state index is 13.4. The molecule has 2 rings (SSSR count). The van der Waals surface area contributed by atoms with Crippen LogP contribution in [-0.2, 0) is 19.1 Å². The first-order valence-corrected chi connectivity index (χ1v) is 11.4. The van der Waals surface area contributed by atoms with Gasteiger partial charge in [-0.25, -0.2) is 4.79 Å². The summed E-state index contributed by atoms with van der Waals surface area (Å²) in [6.45, 7) is 4.98. The molecule has 34 heavy (non-hydrogen) atoms. The summed E-state index contributed by atoms with van der Waals surface area (Å²) in [6, 6.07) is 8.32. The van der Waals surface area contributed by atoms with Crippen LogP contribution in [0, 0.1) is 12.5 Å². The van der Waals surface area contributed by atoms with Gasteiger partial charge in [0.1, 0.15) is 17.7 Å². The van der Waals surface area contributed by atoms with Crippen molar-refractivity contribution in [2.75, 3.05) is 0 Å². The van der Waals surface area contributed by atoms with Gasteiger partial charge in [0, 0.05) is 12.1 Å². The average molecular weight is 471 g/mol. The van der Waals surface area contributed by atoms with Gasteiger partial charge in [0.05, 0.1) is 6.42 Å². The standard InChI is InChI=1S/C25H34N4O5/c1-5-29(23(32)19(16-20(26)30)28-24(33)34-25(2,3)4)21(17-12-8-6-9-13-17)22(31)27-18-14-10-7-11-15-18/h1,6,8-9,12-13,18-19,21H,7,10-11,14-16H2,2-4H3,(H2,26,30)(H,27,31)(H,28,33). The lowest BCUT2D eigenvalue weighted by atomic mass is 9.94. The second-order valence-electron chi connectivity index (χ2n) is 9.36. The Bertz CT molecular complexity index is 913. The minimum Gasteiger partial charge on any atom is -0.444 e. The molecule has 0 spiro atoms. The van der Waals surface area contributed by atoms with Crippen LogP contribution in [0.2, 0.25) is 0 Å². The molecule has 2 atom stereocenters. The number of hydrogen-bond donors (Lipinski definition) is 3. The molecule has 0 radical (unpaired) electrons. The summed E-state index contributed by atoms with van der Waals surface area (Å²) in [4.78, 5) is 51.7. The zero-order valence-electron chi connectivity index (χ0n) is 20.0. The van der Waals surface area contributed by atoms with E-state index in [1.807, 2.05) is 0 Å². The third-order valence-electron chi connectivity index (χ3n) is 5.34. The molecule has 1 saturated carbocycles. The second-order valence-corrected chi connectivity index (χ2v) is 9.36. The first kappa shape index (κ1) is 26.7. The molecule has 2 unspecified atom stereocenters. The first-order chi connectivity index (χ1) is 16.0. The number of rotatable bonds is 8. The fourth-order valence-electron chi connectivity index (χ4n) is 3.86. The fourth-order valence-corrected chi connectivity index (χ4v) is 3.86. The topological polar surface area (TPSA) is 131 Å². The number of nitrogens with one attached hydrogen (secondary N) is 2. The largest absolute Gasteiger partial charge is 0.444 e. The molecule has 9 heteroatoms. The summed E-state index contributed by atoms with van der Waals surface area (Å²) >= 11 is 0. The van der Waals surface area contributed by atoms with E-state index in [1.54, 1.807) is 51.1 Å². The van der Waals surface area contributed by atoms with E-state index in [-0.39, 0.29) is 6.04 Å². The lowest BCUT2D eigenvalue weighted by molar-refractivity contribution is -0.139. The molecule has 1 aromatic rings. The summed E-state index contributed by atoms with van der Waals surface area (Å²) in [5.41, 5.74) is 4.98. The zero-order valence-corrected chi connectivity index (χ0v) is 20.0. The number of carbonyl (C=O) groups excluding carboxylic acids is 4. The van der Waals surface area contributed by atoms with Crippen LogP contribution in [0.1, 0.15) is 70.9 Å². The molecule has 0 bridgehead atoms. The number of ether oxygens (including phenoxy) is 1. The van der Waals surface area contributed by atoms with E-state index in [4.69, 9.17) is 16.9 Å². The molecule has 1 aliphatic rings. The van der Waals surface area contributed by atoms with E-state index < -0.39 is 47.9 Å². The van der Waals surface area contributed by atoms with E-state index in [0.717, 1.165) is 37.0 Å². The van der Waals surface area contributed by atoms with E-state index in [2.05, 4.69) is 16.7 Å². The van der Waals surface area contributed by atoms with E-state index in [0.29, 0.717) is 5.56 Å². The highest BCUT2D eigenvalue weighted by Gasteiger charge is 2.37. The second kappa shape index (κ2) is 12.1. The molecule has 0 aromatic heterocycles. The number of primary amides is 1. The summed E-state index contributed by atoms with van der Waals surface area (Å²) in [7, 11) is 0. The highest BCUT2D eigenvalue weighted by molar-refractivity contribution is 5.95. The molecule has 1 aliphatic carbocycles. The van der Waals surface area contributed by atoms with Gasteiger partial charge in [-0.3, -0.25) is 19.3 Å². The number of amides is 4. The van der Waals surface area contributed by atoms with Gasteiger partial charge in [0.15, 0.2) is 0 Å². The molecule has 1 aromatic carbocycles. The van der Waals surface area contributed by atoms with Crippen LogP contribution in [-0.4, -0.2) is 46.4 Å². The Morgan fingerprint density at radius 2 is 1.76 bits per heavy atom. The monoisotopic (exact) mass is 470 g/mol. The Balaban J connectivity index is 2.34. The van der Waals surface area contributed by atoms with Crippen molar-refractivity contribution in [1.29, 1.82) is 0 Å². The Morgan fingerprint density at radius 3 is 2.29 bits per heavy atom. The molecular formula is C25H34N4O5. The Labute approximate surface area is 200 Å². The van der Waals surface area contributed by atoms with Gasteiger partial charge in [-0.05, 0) is 39.2 Å². The van der Waals surface area contributed by atoms with Crippen LogP contribution >= 0.6 is 0 Å². The SMILES string of the molecule is C#CN(C(=O)C(CC(N)=O)NC(=O)OC(C)(C)C)C(C(=O)NC1CCCCC1)c1ccccc1. The van der Waals surface area contributed by atoms with Crippen molar-refractivity contribution < 1.29 is 23.9 Å². The van der Waals surface area contributed by atoms with Gasteiger partial charge in [0.2, 0.25) is 11.8 Å². The number of nitrogens with two attached hydrogens (primary N) is 1. The number of hydrogen-bond acceptors (Lipinski definition) is 5. The summed E-state index contributed by atoms with van der Waals surface area (Å²) in [5.74, 6) is -2.08. The summed E-state index contributed by atoms with van der Waals surface area (Å²) in [5, 5.41) is 5.37. The van der Waals surface area contributed by atoms with Gasteiger partial charge in [0.25, 0.3) is 5.91 Å². The number of benzene rings is 1. The molecule has 9 nitrogen and oxygen atoms in total. The lowest BCUT2D eigenvalue weighted by Gasteiger charge is -2.32. The maximum atomic E-state index is 13.4. The van der Waals surface area contributed by atoms with Gasteiger partial charge in [-0.15, -0.1) is 0 Å². The van der Waals surface area contributed by atoms with Gasteiger partial charge >= 0.3 is 6.09 Å². The van der Waals surface area contributed by atoms with Crippen LogP contribution in [0.25, 0.3) is 0 Å². The number of alkyl carbamates (subject to hydrolysis) is 1. The van der Waals surface area contributed by atoms with Gasteiger partial charge in [-0.2, -0.15) is 0 Å². The molecule has 0 heterocycles. The molecule has 1 fully saturated rings. The number of nitrogens with zero attached hydrogens (tertiary/aromatic N) is 1. The van der Waals surface area contributed by atoms with Crippen molar-refractivity contribution in [2.45, 2.75) is 83.0 Å². The molecule has 0 aliphatic heterocycles. The van der Waals surface area contributed by atoms with Crippen LogP contribution < -0.4 is 16.4 Å². The van der Waals surface area contributed by atoms with Crippen LogP contribution in [0.15, 0.2) is 30.3 Å². The summed E-state index contributed by atoms with van der Waals surface area (Å²) < 4.78 is 5.20. The minimum absolute atomic E-state index is 0.0107. The predicted molar refractivity (Wildman–Crippen MR) is 127 cm³/mol. The van der Waals surface area contributed by atoms with Crippen LogP contribution in [0.3, 0.4) is 0 Å². The average Bonchev–Trinajstić information content (AvgIpc) is 2.76. The molecule has 0 saturated heterocycles. The molecule has 184 valence electrons. The Kier molecular flexibility index (Phi) is 9.48. The quantitative estimate of drug-likeness (QED) is 0.397. The van der Waals surface area contributed by atoms with Crippen molar-refractivity contribution in [1.82, 2.24) is 15.5 Å². The maximum Gasteiger partial charge on any atom is 0.408 e. The highest BCUT2D eigenvalue weighted by Crippen LogP contribution is 2.24. The number of terminal acetylenes is 1. The molecular weight excluding hydrogens is 436 g/mol. The van der Waals surface area contributed by atoms with E-state index in [1.165, 1.54) is 0 Å². The Hall–Kier alpha value is -3.54. The van der Waals surface area contributed by atoms with Crippen LogP contribution in [0.5, 0.6) is 0 Å². The van der Waals surface area contributed by atoms with Crippen molar-refractivity contribution in [3.63, 3.8) is 0 Å². The zero-order chi connectivity index (χ0) is 25.3. The van der Waals surface area contributed by atoms with Crippen molar-refractivity contribution >= 4 is 23.8 Å². The minimum atomic E-state index is -1.41. The third-order valence-corrected chi connectivity index (χ3v) is 5.34. The van der Waals surface area contributed by atoms with Crippen molar-refractivity contribution in [2.24, 2.45) is 5.73 Å². The van der Waals surface area contributed by atoms with Crippen molar-refractivity contribution in [3.05, 3.63) is 35.9 Å². The normalized spacial score (nSPS) is 15.8. The lowest BCUT2D eigenvalue weighted by Crippen LogP contribution is -2.53. The van der Waals surface area contributed by atoms with E-state index >= 15 is 0 Å². The highest BCUT2D eigenvalue weighted by atomic mass is 16.6. The van der Waals surface area contributed by atoms with E-state index in [9.17, 15) is 19.2 Å². The van der Waals surface area contributed by atoms with Gasteiger partial charge in [-0.1, -0.05) is 56.0 Å².